The highest BCUT2D eigenvalue weighted by Crippen LogP contribution is 2.41. The summed E-state index contributed by atoms with van der Waals surface area (Å²) in [5.41, 5.74) is 4.37. The maximum absolute atomic E-state index is 12.2. The average Bonchev–Trinajstić information content (AvgIpc) is 2.76. The normalized spacial score (nSPS) is 13.2. The molecule has 3 aromatic carbocycles. The fraction of sp³-hybridized carbons (Fsp3) is 0.250. The van der Waals surface area contributed by atoms with E-state index in [1.807, 2.05) is 66.7 Å². The molecule has 0 amide bonds. The smallest absolute Gasteiger partial charge is 0.120 e. The van der Waals surface area contributed by atoms with Gasteiger partial charge in [-0.2, -0.15) is 0 Å². The molecule has 31 heavy (non-hydrogen) atoms. The molecular formula is C24H26O5PS-. The Bertz CT molecular complexity index is 1040. The topological polar surface area (TPSA) is 71.0 Å². The molecule has 5 nitrogen and oxygen atoms in total. The molecule has 0 bridgehead atoms. The van der Waals surface area contributed by atoms with Gasteiger partial charge in [-0.3, -0.25) is 0 Å². The van der Waals surface area contributed by atoms with Gasteiger partial charge in [0.05, 0.1) is 19.3 Å². The number of benzene rings is 3. The molecule has 0 saturated carbocycles. The number of aliphatic hydroxyl groups excluding tert-OH is 1. The van der Waals surface area contributed by atoms with Crippen molar-refractivity contribution in [3.63, 3.8) is 0 Å². The molecule has 0 fully saturated rings. The van der Waals surface area contributed by atoms with Gasteiger partial charge in [0.25, 0.3) is 0 Å². The Hall–Kier alpha value is -2.05. The maximum Gasteiger partial charge on any atom is 0.120 e. The first-order chi connectivity index (χ1) is 14.8. The molecule has 3 rings (SSSR count). The van der Waals surface area contributed by atoms with Crippen molar-refractivity contribution in [2.24, 2.45) is 0 Å². The summed E-state index contributed by atoms with van der Waals surface area (Å²) in [5.74, 6) is 0.744. The van der Waals surface area contributed by atoms with Crippen LogP contribution in [0.5, 0.6) is 5.75 Å². The average molecular weight is 458 g/mol. The van der Waals surface area contributed by atoms with Crippen molar-refractivity contribution in [3.05, 3.63) is 89.5 Å². The van der Waals surface area contributed by atoms with E-state index in [0.717, 1.165) is 33.6 Å². The van der Waals surface area contributed by atoms with Crippen LogP contribution in [0.15, 0.2) is 72.8 Å². The Morgan fingerprint density at radius 2 is 1.61 bits per heavy atom. The molecule has 0 aliphatic carbocycles. The van der Waals surface area contributed by atoms with Gasteiger partial charge in [0, 0.05) is 0 Å². The van der Waals surface area contributed by atoms with E-state index in [0.29, 0.717) is 6.61 Å². The highest BCUT2D eigenvalue weighted by atomic mass is 32.5. The first-order valence-electron chi connectivity index (χ1n) is 9.99. The second-order valence-electron chi connectivity index (χ2n) is 7.37. The maximum atomic E-state index is 12.2. The molecular weight excluding hydrogens is 431 g/mol. The predicted octanol–water partition coefficient (Wildman–Crippen LogP) is 4.95. The van der Waals surface area contributed by atoms with E-state index >= 15 is 0 Å². The molecule has 0 saturated heterocycles. The Balaban J connectivity index is 1.77. The summed E-state index contributed by atoms with van der Waals surface area (Å²) in [6.45, 7) is 0.306. The molecule has 0 aliphatic heterocycles. The number of hydrogen-bond acceptors (Lipinski definition) is 6. The van der Waals surface area contributed by atoms with Crippen LogP contribution in [0.3, 0.4) is 0 Å². The predicted molar refractivity (Wildman–Crippen MR) is 124 cm³/mol. The summed E-state index contributed by atoms with van der Waals surface area (Å²) >= 11 is 4.94. The van der Waals surface area contributed by atoms with Crippen molar-refractivity contribution in [1.29, 1.82) is 0 Å². The molecule has 7 heteroatoms. The number of ether oxygens (including phenoxy) is 1. The summed E-state index contributed by atoms with van der Waals surface area (Å²) in [7, 11) is 0. The van der Waals surface area contributed by atoms with Gasteiger partial charge in [0.1, 0.15) is 19.1 Å². The lowest BCUT2D eigenvalue weighted by Gasteiger charge is -2.29. The molecule has 0 spiro atoms. The van der Waals surface area contributed by atoms with E-state index in [1.165, 1.54) is 0 Å². The summed E-state index contributed by atoms with van der Waals surface area (Å²) < 4.78 is 16.5. The molecule has 1 unspecified atom stereocenters. The third-order valence-corrected chi connectivity index (χ3v) is 6.08. The van der Waals surface area contributed by atoms with E-state index in [2.05, 4.69) is 0 Å². The van der Waals surface area contributed by atoms with Crippen LogP contribution in [0.1, 0.15) is 30.5 Å². The van der Waals surface area contributed by atoms with E-state index in [-0.39, 0.29) is 19.3 Å². The van der Waals surface area contributed by atoms with Crippen LogP contribution in [0.2, 0.25) is 0 Å². The van der Waals surface area contributed by atoms with Crippen molar-refractivity contribution in [2.75, 3.05) is 0 Å². The summed E-state index contributed by atoms with van der Waals surface area (Å²) in [5, 5.41) is 9.68. The van der Waals surface area contributed by atoms with Gasteiger partial charge in [0.2, 0.25) is 0 Å². The summed E-state index contributed by atoms with van der Waals surface area (Å²) in [6.07, 6.45) is -0.290. The van der Waals surface area contributed by atoms with Crippen LogP contribution in [0.25, 0.3) is 11.1 Å². The SMILES string of the molecule is CC(C)OP([O-])(=S)OCc1cc(CO)cc(-c2cccc(OCc3ccccc3)c2)c1. The van der Waals surface area contributed by atoms with Gasteiger partial charge in [-0.1, -0.05) is 60.3 Å². The molecule has 0 heterocycles. The monoisotopic (exact) mass is 457 g/mol. The molecule has 1 atom stereocenters. The minimum Gasteiger partial charge on any atom is -0.780 e. The van der Waals surface area contributed by atoms with Gasteiger partial charge < -0.3 is 23.8 Å². The minimum absolute atomic E-state index is 0.0263. The van der Waals surface area contributed by atoms with E-state index < -0.39 is 6.72 Å². The molecule has 0 aromatic heterocycles. The van der Waals surface area contributed by atoms with Crippen molar-refractivity contribution in [1.82, 2.24) is 0 Å². The van der Waals surface area contributed by atoms with Crippen LogP contribution in [0, 0.1) is 0 Å². The Labute approximate surface area is 188 Å². The van der Waals surface area contributed by atoms with E-state index in [1.54, 1.807) is 19.9 Å². The number of rotatable bonds is 10. The van der Waals surface area contributed by atoms with Crippen LogP contribution < -0.4 is 9.63 Å². The minimum atomic E-state index is -3.57. The fourth-order valence-electron chi connectivity index (χ4n) is 3.05. The molecule has 1 N–H and O–H groups in total. The molecule has 0 aliphatic rings. The zero-order valence-corrected chi connectivity index (χ0v) is 19.3. The molecule has 164 valence electrons. The van der Waals surface area contributed by atoms with Crippen molar-refractivity contribution >= 4 is 18.5 Å². The second kappa shape index (κ2) is 11.0. The van der Waals surface area contributed by atoms with E-state index in [4.69, 9.17) is 25.6 Å². The van der Waals surface area contributed by atoms with Gasteiger partial charge >= 0.3 is 0 Å². The van der Waals surface area contributed by atoms with Crippen LogP contribution >= 0.6 is 6.72 Å². The quantitative estimate of drug-likeness (QED) is 0.435. The first-order valence-corrected chi connectivity index (χ1v) is 12.5. The van der Waals surface area contributed by atoms with Gasteiger partial charge in [0.15, 0.2) is 0 Å². The van der Waals surface area contributed by atoms with Crippen LogP contribution in [-0.4, -0.2) is 11.2 Å². The lowest BCUT2D eigenvalue weighted by molar-refractivity contribution is -0.210. The zero-order valence-electron chi connectivity index (χ0n) is 17.6. The number of hydrogen-bond donors (Lipinski definition) is 1. The summed E-state index contributed by atoms with van der Waals surface area (Å²) in [4.78, 5) is 12.2. The first kappa shape index (κ1) is 23.6. The Kier molecular flexibility index (Phi) is 8.38. The number of aliphatic hydroxyl groups is 1. The highest BCUT2D eigenvalue weighted by molar-refractivity contribution is 8.06. The van der Waals surface area contributed by atoms with Crippen molar-refractivity contribution in [3.8, 4) is 16.9 Å². The van der Waals surface area contributed by atoms with Gasteiger partial charge in [-0.05, 0) is 65.9 Å². The Morgan fingerprint density at radius 3 is 2.32 bits per heavy atom. The van der Waals surface area contributed by atoms with E-state index in [9.17, 15) is 10.00 Å². The lowest BCUT2D eigenvalue weighted by atomic mass is 10.00. The van der Waals surface area contributed by atoms with Gasteiger partial charge in [-0.15, -0.1) is 0 Å². The Morgan fingerprint density at radius 1 is 0.871 bits per heavy atom. The van der Waals surface area contributed by atoms with Gasteiger partial charge in [-0.25, -0.2) is 0 Å². The second-order valence-corrected chi connectivity index (χ2v) is 10.1. The van der Waals surface area contributed by atoms with Crippen LogP contribution in [-0.2, 0) is 40.7 Å². The highest BCUT2D eigenvalue weighted by Gasteiger charge is 2.10. The standard InChI is InChI=1S/C24H27O5PS/c1-18(2)29-30(26,31)28-17-21-11-20(15-25)12-23(13-21)22-9-6-10-24(14-22)27-16-19-7-4-3-5-8-19/h3-14,18,25H,15-17H2,1-2H3,(H,26,31)/p-1. The zero-order chi connectivity index (χ0) is 22.3. The van der Waals surface area contributed by atoms with Crippen molar-refractivity contribution in [2.45, 2.75) is 39.8 Å². The van der Waals surface area contributed by atoms with Crippen molar-refractivity contribution < 1.29 is 23.8 Å². The third kappa shape index (κ3) is 7.54. The van der Waals surface area contributed by atoms with Crippen LogP contribution in [0.4, 0.5) is 0 Å². The third-order valence-electron chi connectivity index (χ3n) is 4.38. The fourth-order valence-corrected chi connectivity index (χ4v) is 4.61. The molecule has 3 aromatic rings. The molecule has 0 radical (unpaired) electrons. The lowest BCUT2D eigenvalue weighted by Crippen LogP contribution is -2.12. The largest absolute Gasteiger partial charge is 0.780 e. The summed E-state index contributed by atoms with van der Waals surface area (Å²) in [6, 6.07) is 23.3.